The molecule has 0 spiro atoms. The van der Waals surface area contributed by atoms with E-state index in [1.807, 2.05) is 12.1 Å². The second kappa shape index (κ2) is 2.95. The Hall–Kier alpha value is -1.63. The number of fused-ring (bicyclic) bond motifs is 3. The molecule has 2 aromatic rings. The van der Waals surface area contributed by atoms with Crippen LogP contribution in [0.4, 0.5) is 0 Å². The molecule has 0 saturated heterocycles. The molecule has 1 aromatic carbocycles. The molecule has 1 aromatic heterocycles. The van der Waals surface area contributed by atoms with Crippen LogP contribution in [-0.2, 0) is 12.8 Å². The molecule has 0 radical (unpaired) electrons. The van der Waals surface area contributed by atoms with Crippen molar-refractivity contribution in [1.29, 1.82) is 0 Å². The van der Waals surface area contributed by atoms with Crippen LogP contribution in [0.1, 0.15) is 16.6 Å². The summed E-state index contributed by atoms with van der Waals surface area (Å²) in [6, 6.07) is 3.57. The lowest BCUT2D eigenvalue weighted by Gasteiger charge is -2.17. The summed E-state index contributed by atoms with van der Waals surface area (Å²) in [7, 11) is 0. The van der Waals surface area contributed by atoms with Crippen LogP contribution >= 0.6 is 0 Å². The molecule has 0 amide bonds. The maximum absolute atomic E-state index is 8.01. The Balaban J connectivity index is 2.41. The standard InChI is InChI=1S/C13H11N/c1-2-6-12-10(4-1)7-8-11-5-3-9-14-13(11)12/h1-6,9H,7-8H2/i1D,2D,4D,6D. The van der Waals surface area contributed by atoms with Gasteiger partial charge in [-0.05, 0) is 30.0 Å². The van der Waals surface area contributed by atoms with E-state index in [9.17, 15) is 0 Å². The molecule has 1 nitrogen and oxygen atoms in total. The number of hydrogen-bond donors (Lipinski definition) is 0. The second-order valence-corrected chi connectivity index (χ2v) is 3.36. The third-order valence-corrected chi connectivity index (χ3v) is 2.54. The number of benzene rings is 1. The summed E-state index contributed by atoms with van der Waals surface area (Å²) in [4.78, 5) is 4.29. The average molecular weight is 185 g/mol. The third kappa shape index (κ3) is 1.06. The average Bonchev–Trinajstić information content (AvgIpc) is 2.41. The highest BCUT2D eigenvalue weighted by molar-refractivity contribution is 5.69. The zero-order valence-electron chi connectivity index (χ0n) is 11.6. The molecule has 0 N–H and O–H groups in total. The molecule has 14 heavy (non-hydrogen) atoms. The lowest BCUT2D eigenvalue weighted by atomic mass is 9.89. The van der Waals surface area contributed by atoms with Gasteiger partial charge in [0.05, 0.1) is 11.2 Å². The van der Waals surface area contributed by atoms with Crippen molar-refractivity contribution in [3.05, 3.63) is 53.6 Å². The van der Waals surface area contributed by atoms with Crippen LogP contribution in [0.5, 0.6) is 0 Å². The van der Waals surface area contributed by atoms with Crippen molar-refractivity contribution in [3.8, 4) is 11.3 Å². The summed E-state index contributed by atoms with van der Waals surface area (Å²) < 4.78 is 31.4. The van der Waals surface area contributed by atoms with Crippen molar-refractivity contribution in [2.45, 2.75) is 12.8 Å². The van der Waals surface area contributed by atoms with Crippen LogP contribution in [0.15, 0.2) is 42.5 Å². The molecule has 0 fully saturated rings. The highest BCUT2D eigenvalue weighted by Gasteiger charge is 2.15. The molecule has 1 heteroatoms. The number of aromatic nitrogens is 1. The number of rotatable bonds is 0. The second-order valence-electron chi connectivity index (χ2n) is 3.36. The van der Waals surface area contributed by atoms with Crippen molar-refractivity contribution in [3.63, 3.8) is 0 Å². The molecular weight excluding hydrogens is 170 g/mol. The number of aryl methyl sites for hydroxylation is 1. The fraction of sp³-hybridized carbons (Fsp3) is 0.154. The monoisotopic (exact) mass is 185 g/mol. The smallest absolute Gasteiger partial charge is 0.0736 e. The van der Waals surface area contributed by atoms with E-state index >= 15 is 0 Å². The summed E-state index contributed by atoms with van der Waals surface area (Å²) >= 11 is 0. The molecule has 0 bridgehead atoms. The van der Waals surface area contributed by atoms with Gasteiger partial charge in [-0.1, -0.05) is 30.2 Å². The lowest BCUT2D eigenvalue weighted by Crippen LogP contribution is -2.04. The van der Waals surface area contributed by atoms with Crippen LogP contribution in [0.25, 0.3) is 11.3 Å². The molecule has 0 saturated carbocycles. The minimum absolute atomic E-state index is 0.0191. The number of hydrogen-bond acceptors (Lipinski definition) is 1. The Morgan fingerprint density at radius 2 is 2.00 bits per heavy atom. The van der Waals surface area contributed by atoms with Gasteiger partial charge in [0.1, 0.15) is 0 Å². The van der Waals surface area contributed by atoms with Crippen LogP contribution < -0.4 is 0 Å². The van der Waals surface area contributed by atoms with Gasteiger partial charge in [0.25, 0.3) is 0 Å². The van der Waals surface area contributed by atoms with E-state index < -0.39 is 0 Å². The van der Waals surface area contributed by atoms with Gasteiger partial charge in [0.15, 0.2) is 0 Å². The fourth-order valence-corrected chi connectivity index (χ4v) is 1.85. The topological polar surface area (TPSA) is 12.9 Å². The molecule has 1 aliphatic rings. The minimum Gasteiger partial charge on any atom is -0.256 e. The zero-order chi connectivity index (χ0) is 12.9. The van der Waals surface area contributed by atoms with E-state index in [1.165, 1.54) is 0 Å². The predicted octanol–water partition coefficient (Wildman–Crippen LogP) is 2.85. The van der Waals surface area contributed by atoms with E-state index in [0.29, 0.717) is 23.2 Å². The van der Waals surface area contributed by atoms with Gasteiger partial charge < -0.3 is 0 Å². The first-order valence-corrected chi connectivity index (χ1v) is 4.64. The normalized spacial score (nSPS) is 17.1. The fourth-order valence-electron chi connectivity index (χ4n) is 1.85. The Morgan fingerprint density at radius 3 is 3.00 bits per heavy atom. The molecular formula is C13H11N. The highest BCUT2D eigenvalue weighted by Crippen LogP contribution is 2.30. The summed E-state index contributed by atoms with van der Waals surface area (Å²) in [5.74, 6) is 0. The Bertz CT molecular complexity index is 652. The summed E-state index contributed by atoms with van der Waals surface area (Å²) in [5, 5.41) is 0. The van der Waals surface area contributed by atoms with Gasteiger partial charge in [-0.2, -0.15) is 0 Å². The Labute approximate surface area is 89.1 Å². The third-order valence-electron chi connectivity index (χ3n) is 2.54. The summed E-state index contributed by atoms with van der Waals surface area (Å²) in [6.07, 6.45) is 3.08. The van der Waals surface area contributed by atoms with Gasteiger partial charge in [-0.25, -0.2) is 0 Å². The Morgan fingerprint density at radius 1 is 1.14 bits per heavy atom. The molecule has 0 atom stereocenters. The van der Waals surface area contributed by atoms with E-state index in [4.69, 9.17) is 5.48 Å². The lowest BCUT2D eigenvalue weighted by molar-refractivity contribution is 0.927. The van der Waals surface area contributed by atoms with Crippen molar-refractivity contribution in [1.82, 2.24) is 4.98 Å². The maximum Gasteiger partial charge on any atom is 0.0736 e. The molecule has 68 valence electrons. The molecule has 1 aliphatic carbocycles. The zero-order valence-corrected chi connectivity index (χ0v) is 7.59. The van der Waals surface area contributed by atoms with Gasteiger partial charge in [0, 0.05) is 11.8 Å². The molecule has 0 unspecified atom stereocenters. The molecule has 3 rings (SSSR count). The molecule has 1 heterocycles. The first-order valence-electron chi connectivity index (χ1n) is 6.64. The van der Waals surface area contributed by atoms with Crippen LogP contribution in [0.2, 0.25) is 0 Å². The summed E-state index contributed by atoms with van der Waals surface area (Å²) in [5.41, 5.74) is 3.01. The van der Waals surface area contributed by atoms with Gasteiger partial charge in [-0.15, -0.1) is 0 Å². The van der Waals surface area contributed by atoms with E-state index in [-0.39, 0.29) is 24.2 Å². The Kier molecular flexibility index (Phi) is 0.997. The van der Waals surface area contributed by atoms with Crippen molar-refractivity contribution in [2.75, 3.05) is 0 Å². The van der Waals surface area contributed by atoms with E-state index in [1.54, 1.807) is 6.20 Å². The maximum atomic E-state index is 8.01. The largest absolute Gasteiger partial charge is 0.256 e. The van der Waals surface area contributed by atoms with Crippen molar-refractivity contribution in [2.24, 2.45) is 0 Å². The van der Waals surface area contributed by atoms with Gasteiger partial charge >= 0.3 is 0 Å². The van der Waals surface area contributed by atoms with Crippen LogP contribution in [0.3, 0.4) is 0 Å². The SMILES string of the molecule is [2H]c1c([2H])c([2H])c2c(c1[2H])CCc1cccnc1-2. The predicted molar refractivity (Wildman–Crippen MR) is 57.1 cm³/mol. The molecule has 0 aliphatic heterocycles. The van der Waals surface area contributed by atoms with Crippen molar-refractivity contribution < 1.29 is 5.48 Å². The number of nitrogens with zero attached hydrogens (tertiary/aromatic N) is 1. The first kappa shape index (κ1) is 4.74. The minimum atomic E-state index is -0.183. The number of pyridine rings is 1. The summed E-state index contributed by atoms with van der Waals surface area (Å²) in [6.45, 7) is 0. The van der Waals surface area contributed by atoms with Gasteiger partial charge in [0.2, 0.25) is 0 Å². The highest BCUT2D eigenvalue weighted by atomic mass is 14.7. The first-order chi connectivity index (χ1) is 8.61. The van der Waals surface area contributed by atoms with Crippen LogP contribution in [-0.4, -0.2) is 4.98 Å². The van der Waals surface area contributed by atoms with Gasteiger partial charge in [-0.3, -0.25) is 4.98 Å². The van der Waals surface area contributed by atoms with Crippen molar-refractivity contribution >= 4 is 0 Å². The van der Waals surface area contributed by atoms with E-state index in [2.05, 4.69) is 4.98 Å². The van der Waals surface area contributed by atoms with E-state index in [0.717, 1.165) is 12.0 Å². The quantitative estimate of drug-likeness (QED) is 0.615. The van der Waals surface area contributed by atoms with Crippen LogP contribution in [0, 0.1) is 0 Å².